The number of hydrogen-bond donors (Lipinski definition) is 1. The maximum absolute atomic E-state index is 11.2. The third kappa shape index (κ3) is 4.06. The minimum Gasteiger partial charge on any atom is -1.00 e. The minimum atomic E-state index is -3.19. The summed E-state index contributed by atoms with van der Waals surface area (Å²) in [6, 6.07) is 3.66. The second-order valence-corrected chi connectivity index (χ2v) is 7.51. The topological polar surface area (TPSA) is 55.0 Å². The molecule has 22 heavy (non-hydrogen) atoms. The molecule has 1 aromatic heterocycles. The SMILES string of the molecule is CCn1c(C)[n+](CCNS(C)(=O)=O)c2cc(Cl)c(Cl)cc21.[Cl-]. The Hall–Kier alpha value is -0.530. The standard InChI is InChI=1S/C13H18Cl2N3O2S.ClH/c1-4-17-9(2)18(6-5-16-21(3,19)20)13-8-11(15)10(14)7-12(13)17;/h7-8,16H,4-6H2,1-3H3;1H/q+1;/p-1. The van der Waals surface area contributed by atoms with E-state index in [-0.39, 0.29) is 12.4 Å². The largest absolute Gasteiger partial charge is 1.00 e. The molecule has 0 fully saturated rings. The van der Waals surface area contributed by atoms with Crippen LogP contribution in [0.15, 0.2) is 12.1 Å². The Labute approximate surface area is 146 Å². The van der Waals surface area contributed by atoms with Gasteiger partial charge in [-0.2, -0.15) is 0 Å². The van der Waals surface area contributed by atoms with E-state index >= 15 is 0 Å². The lowest BCUT2D eigenvalue weighted by Gasteiger charge is -2.02. The van der Waals surface area contributed by atoms with Gasteiger partial charge >= 0.3 is 0 Å². The number of sulfonamides is 1. The van der Waals surface area contributed by atoms with Gasteiger partial charge in [-0.15, -0.1) is 0 Å². The van der Waals surface area contributed by atoms with Crippen LogP contribution in [0, 0.1) is 6.92 Å². The number of aryl methyl sites for hydroxylation is 1. The quantitative estimate of drug-likeness (QED) is 0.678. The van der Waals surface area contributed by atoms with Gasteiger partial charge in [0.2, 0.25) is 10.0 Å². The lowest BCUT2D eigenvalue weighted by Crippen LogP contribution is -3.00. The van der Waals surface area contributed by atoms with Gasteiger partial charge in [0.15, 0.2) is 11.0 Å². The fourth-order valence-electron chi connectivity index (χ4n) is 2.48. The van der Waals surface area contributed by atoms with E-state index in [1.165, 1.54) is 0 Å². The molecule has 2 aromatic rings. The molecule has 0 aliphatic heterocycles. The molecule has 0 aliphatic carbocycles. The van der Waals surface area contributed by atoms with E-state index in [9.17, 15) is 8.42 Å². The van der Waals surface area contributed by atoms with Crippen LogP contribution in [0.5, 0.6) is 0 Å². The molecule has 0 spiro atoms. The predicted molar refractivity (Wildman–Crippen MR) is 85.4 cm³/mol. The van der Waals surface area contributed by atoms with Gasteiger partial charge in [-0.3, -0.25) is 0 Å². The molecule has 0 amide bonds. The van der Waals surface area contributed by atoms with E-state index < -0.39 is 10.0 Å². The Morgan fingerprint density at radius 1 is 1.27 bits per heavy atom. The number of imidazole rings is 1. The molecule has 9 heteroatoms. The molecule has 0 saturated heterocycles. The molecule has 0 saturated carbocycles. The van der Waals surface area contributed by atoms with Gasteiger partial charge < -0.3 is 12.4 Å². The van der Waals surface area contributed by atoms with E-state index in [2.05, 4.69) is 9.29 Å². The first-order valence-corrected chi connectivity index (χ1v) is 9.21. The van der Waals surface area contributed by atoms with Crippen molar-refractivity contribution < 1.29 is 25.4 Å². The van der Waals surface area contributed by atoms with Gasteiger partial charge in [0, 0.05) is 25.6 Å². The van der Waals surface area contributed by atoms with Crippen molar-refractivity contribution in [1.29, 1.82) is 0 Å². The lowest BCUT2D eigenvalue weighted by atomic mass is 10.3. The molecule has 1 N–H and O–H groups in total. The van der Waals surface area contributed by atoms with E-state index in [4.69, 9.17) is 23.2 Å². The van der Waals surface area contributed by atoms with E-state index in [1.807, 2.05) is 30.5 Å². The van der Waals surface area contributed by atoms with Crippen LogP contribution in [0.25, 0.3) is 11.0 Å². The zero-order chi connectivity index (χ0) is 15.8. The average molecular weight is 387 g/mol. The van der Waals surface area contributed by atoms with Crippen LogP contribution < -0.4 is 21.7 Å². The highest BCUT2D eigenvalue weighted by Gasteiger charge is 2.22. The Morgan fingerprint density at radius 3 is 2.41 bits per heavy atom. The lowest BCUT2D eigenvalue weighted by molar-refractivity contribution is -0.676. The molecular formula is C13H18Cl3N3O2S. The first-order valence-electron chi connectivity index (χ1n) is 6.57. The van der Waals surface area contributed by atoms with Gasteiger partial charge in [0.1, 0.15) is 6.54 Å². The Kier molecular flexibility index (Phi) is 6.53. The van der Waals surface area contributed by atoms with Crippen LogP contribution >= 0.6 is 23.2 Å². The normalized spacial score (nSPS) is 11.7. The molecule has 5 nitrogen and oxygen atoms in total. The van der Waals surface area contributed by atoms with Crippen LogP contribution in [0.1, 0.15) is 12.7 Å². The van der Waals surface area contributed by atoms with E-state index in [0.717, 1.165) is 29.7 Å². The number of nitrogens with zero attached hydrogens (tertiary/aromatic N) is 2. The van der Waals surface area contributed by atoms with Crippen molar-refractivity contribution in [3.05, 3.63) is 28.0 Å². The van der Waals surface area contributed by atoms with Gasteiger partial charge in [0.25, 0.3) is 5.82 Å². The monoisotopic (exact) mass is 385 g/mol. The highest BCUT2D eigenvalue weighted by molar-refractivity contribution is 7.88. The van der Waals surface area contributed by atoms with Gasteiger partial charge in [-0.05, 0) is 6.92 Å². The molecule has 0 unspecified atom stereocenters. The number of benzene rings is 1. The Morgan fingerprint density at radius 2 is 1.86 bits per heavy atom. The summed E-state index contributed by atoms with van der Waals surface area (Å²) < 4.78 is 29.0. The Balaban J connectivity index is 0.00000242. The number of aromatic nitrogens is 2. The van der Waals surface area contributed by atoms with Crippen LogP contribution in [-0.2, 0) is 23.1 Å². The molecule has 2 rings (SSSR count). The van der Waals surface area contributed by atoms with Crippen LogP contribution in [-0.4, -0.2) is 25.8 Å². The zero-order valence-corrected chi connectivity index (χ0v) is 15.6. The number of halogens is 3. The first kappa shape index (κ1) is 19.5. The third-order valence-electron chi connectivity index (χ3n) is 3.40. The Bertz CT molecular complexity index is 788. The number of fused-ring (bicyclic) bond motifs is 1. The average Bonchev–Trinajstić information content (AvgIpc) is 2.61. The molecule has 0 bridgehead atoms. The number of nitrogens with one attached hydrogen (secondary N) is 1. The summed E-state index contributed by atoms with van der Waals surface area (Å²) >= 11 is 12.2. The molecule has 1 aromatic carbocycles. The molecule has 0 radical (unpaired) electrons. The maximum atomic E-state index is 11.2. The summed E-state index contributed by atoms with van der Waals surface area (Å²) in [6.45, 7) is 5.69. The van der Waals surface area contributed by atoms with Crippen molar-refractivity contribution in [2.45, 2.75) is 26.9 Å². The van der Waals surface area contributed by atoms with Crippen molar-refractivity contribution >= 4 is 44.3 Å². The molecule has 0 aliphatic rings. The third-order valence-corrected chi connectivity index (χ3v) is 4.85. The summed E-state index contributed by atoms with van der Waals surface area (Å²) in [5.74, 6) is 1.03. The summed E-state index contributed by atoms with van der Waals surface area (Å²) in [4.78, 5) is 0. The van der Waals surface area contributed by atoms with E-state index in [1.54, 1.807) is 0 Å². The maximum Gasteiger partial charge on any atom is 0.254 e. The summed E-state index contributed by atoms with van der Waals surface area (Å²) in [5.41, 5.74) is 1.93. The fourth-order valence-corrected chi connectivity index (χ4v) is 3.25. The smallest absolute Gasteiger partial charge is 0.254 e. The number of hydrogen-bond acceptors (Lipinski definition) is 2. The zero-order valence-electron chi connectivity index (χ0n) is 12.5. The van der Waals surface area contributed by atoms with Gasteiger partial charge in [-0.1, -0.05) is 23.2 Å². The fraction of sp³-hybridized carbons (Fsp3) is 0.462. The molecule has 1 heterocycles. The van der Waals surface area contributed by atoms with Crippen molar-refractivity contribution in [3.8, 4) is 0 Å². The highest BCUT2D eigenvalue weighted by atomic mass is 35.5. The molecule has 0 atom stereocenters. The predicted octanol–water partition coefficient (Wildman–Crippen LogP) is -0.883. The van der Waals surface area contributed by atoms with Crippen LogP contribution in [0.2, 0.25) is 10.0 Å². The van der Waals surface area contributed by atoms with Crippen molar-refractivity contribution in [2.24, 2.45) is 0 Å². The second-order valence-electron chi connectivity index (χ2n) is 4.86. The highest BCUT2D eigenvalue weighted by Crippen LogP contribution is 2.27. The van der Waals surface area contributed by atoms with Gasteiger partial charge in [-0.25, -0.2) is 22.3 Å². The summed E-state index contributed by atoms with van der Waals surface area (Å²) in [5, 5.41) is 1.00. The number of rotatable bonds is 5. The van der Waals surface area contributed by atoms with Crippen molar-refractivity contribution in [2.75, 3.05) is 12.8 Å². The molecule has 124 valence electrons. The minimum absolute atomic E-state index is 0. The van der Waals surface area contributed by atoms with Gasteiger partial charge in [0.05, 0.1) is 22.8 Å². The summed E-state index contributed by atoms with van der Waals surface area (Å²) in [7, 11) is -3.19. The van der Waals surface area contributed by atoms with Crippen molar-refractivity contribution in [3.63, 3.8) is 0 Å². The second kappa shape index (κ2) is 7.36. The van der Waals surface area contributed by atoms with Crippen LogP contribution in [0.4, 0.5) is 0 Å². The van der Waals surface area contributed by atoms with Crippen LogP contribution in [0.3, 0.4) is 0 Å². The van der Waals surface area contributed by atoms with Crippen molar-refractivity contribution in [1.82, 2.24) is 9.29 Å². The first-order chi connectivity index (χ1) is 9.74. The molecular weight excluding hydrogens is 369 g/mol. The van der Waals surface area contributed by atoms with E-state index in [0.29, 0.717) is 23.1 Å². The summed E-state index contributed by atoms with van der Waals surface area (Å²) in [6.07, 6.45) is 1.15.